The molecular weight excluding hydrogens is 144 g/mol. The molecule has 0 spiro atoms. The van der Waals surface area contributed by atoms with E-state index in [2.05, 4.69) is 0 Å². The molecular formula is C8H20O3. The lowest BCUT2D eigenvalue weighted by atomic mass is 9.94. The Labute approximate surface area is 68.4 Å². The van der Waals surface area contributed by atoms with Crippen LogP contribution in [-0.4, -0.2) is 26.9 Å². The van der Waals surface area contributed by atoms with Crippen LogP contribution in [0.15, 0.2) is 0 Å². The van der Waals surface area contributed by atoms with Crippen LogP contribution in [0.4, 0.5) is 0 Å². The first-order valence-electron chi connectivity index (χ1n) is 3.65. The third-order valence-corrected chi connectivity index (χ3v) is 1.35. The monoisotopic (exact) mass is 164 g/mol. The van der Waals surface area contributed by atoms with Crippen LogP contribution in [0.3, 0.4) is 0 Å². The van der Waals surface area contributed by atoms with Gasteiger partial charge in [0, 0.05) is 0 Å². The molecule has 0 aliphatic carbocycles. The molecule has 0 aliphatic heterocycles. The van der Waals surface area contributed by atoms with Crippen molar-refractivity contribution in [2.75, 3.05) is 0 Å². The predicted octanol–water partition coefficient (Wildman–Crippen LogP) is 0.484. The number of aliphatic hydroxyl groups is 2. The van der Waals surface area contributed by atoms with Crippen molar-refractivity contribution in [2.45, 2.75) is 51.7 Å². The molecule has 11 heavy (non-hydrogen) atoms. The van der Waals surface area contributed by atoms with Gasteiger partial charge in [0.25, 0.3) is 0 Å². The Hall–Kier alpha value is -0.120. The van der Waals surface area contributed by atoms with Gasteiger partial charge in [-0.1, -0.05) is 0 Å². The van der Waals surface area contributed by atoms with Crippen LogP contribution in [0.5, 0.6) is 0 Å². The molecule has 0 bridgehead atoms. The first-order valence-corrected chi connectivity index (χ1v) is 3.65. The topological polar surface area (TPSA) is 72.0 Å². The van der Waals surface area contributed by atoms with Crippen LogP contribution < -0.4 is 0 Å². The summed E-state index contributed by atoms with van der Waals surface area (Å²) in [7, 11) is 0. The molecule has 3 heteroatoms. The van der Waals surface area contributed by atoms with E-state index in [1.54, 1.807) is 27.7 Å². The second-order valence-electron chi connectivity index (χ2n) is 4.12. The molecule has 0 aromatic heterocycles. The van der Waals surface area contributed by atoms with E-state index in [9.17, 15) is 10.2 Å². The lowest BCUT2D eigenvalue weighted by Gasteiger charge is -2.23. The summed E-state index contributed by atoms with van der Waals surface area (Å²) in [5.41, 5.74) is -1.31. The molecule has 0 unspecified atom stereocenters. The summed E-state index contributed by atoms with van der Waals surface area (Å²) < 4.78 is 0. The van der Waals surface area contributed by atoms with Gasteiger partial charge in [-0.25, -0.2) is 0 Å². The Balaban J connectivity index is 0. The summed E-state index contributed by atoms with van der Waals surface area (Å²) in [6.07, 6.45) is 1.27. The minimum absolute atomic E-state index is 0. The molecule has 0 aromatic carbocycles. The highest BCUT2D eigenvalue weighted by atomic mass is 16.3. The smallest absolute Gasteiger partial charge is 0.0592 e. The van der Waals surface area contributed by atoms with Gasteiger partial charge < -0.3 is 15.7 Å². The van der Waals surface area contributed by atoms with Crippen molar-refractivity contribution in [3.63, 3.8) is 0 Å². The summed E-state index contributed by atoms with van der Waals surface area (Å²) in [6, 6.07) is 0. The fraction of sp³-hybridized carbons (Fsp3) is 1.00. The van der Waals surface area contributed by atoms with E-state index in [1.165, 1.54) is 0 Å². The summed E-state index contributed by atoms with van der Waals surface area (Å²) in [5.74, 6) is 0. The van der Waals surface area contributed by atoms with Crippen LogP contribution in [0.1, 0.15) is 40.5 Å². The predicted molar refractivity (Wildman–Crippen MR) is 45.4 cm³/mol. The summed E-state index contributed by atoms with van der Waals surface area (Å²) in [5, 5.41) is 18.5. The minimum atomic E-state index is -0.653. The Bertz CT molecular complexity index is 82.9. The number of hydrogen-bond acceptors (Lipinski definition) is 2. The maximum atomic E-state index is 9.27. The zero-order valence-corrected chi connectivity index (χ0v) is 7.81. The highest BCUT2D eigenvalue weighted by Crippen LogP contribution is 2.17. The number of hydrogen-bond donors (Lipinski definition) is 2. The fourth-order valence-electron chi connectivity index (χ4n) is 0.612. The average Bonchev–Trinajstić information content (AvgIpc) is 1.57. The quantitative estimate of drug-likeness (QED) is 0.637. The van der Waals surface area contributed by atoms with Crippen molar-refractivity contribution in [3.8, 4) is 0 Å². The van der Waals surface area contributed by atoms with Crippen LogP contribution in [0.2, 0.25) is 0 Å². The van der Waals surface area contributed by atoms with Gasteiger partial charge in [0.1, 0.15) is 0 Å². The summed E-state index contributed by atoms with van der Waals surface area (Å²) >= 11 is 0. The van der Waals surface area contributed by atoms with E-state index in [0.717, 1.165) is 0 Å². The fourth-order valence-corrected chi connectivity index (χ4v) is 0.612. The minimum Gasteiger partial charge on any atom is -0.412 e. The van der Waals surface area contributed by atoms with Gasteiger partial charge in [-0.05, 0) is 40.5 Å². The first-order chi connectivity index (χ1) is 4.21. The molecule has 0 aliphatic rings. The highest BCUT2D eigenvalue weighted by molar-refractivity contribution is 4.72. The molecule has 0 amide bonds. The SMILES string of the molecule is CC(C)(O)CCC(C)(C)O.O. The molecule has 0 heterocycles. The van der Waals surface area contributed by atoms with Gasteiger partial charge in [0.15, 0.2) is 0 Å². The van der Waals surface area contributed by atoms with E-state index in [1.807, 2.05) is 0 Å². The van der Waals surface area contributed by atoms with Gasteiger partial charge in [-0.3, -0.25) is 0 Å². The van der Waals surface area contributed by atoms with Crippen LogP contribution in [0, 0.1) is 0 Å². The third kappa shape index (κ3) is 13.0. The molecule has 0 aromatic rings. The van der Waals surface area contributed by atoms with Gasteiger partial charge in [0.05, 0.1) is 11.2 Å². The van der Waals surface area contributed by atoms with Crippen molar-refractivity contribution >= 4 is 0 Å². The zero-order valence-electron chi connectivity index (χ0n) is 7.81. The van der Waals surface area contributed by atoms with Crippen molar-refractivity contribution in [3.05, 3.63) is 0 Å². The van der Waals surface area contributed by atoms with Crippen molar-refractivity contribution in [2.24, 2.45) is 0 Å². The van der Waals surface area contributed by atoms with Gasteiger partial charge in [-0.15, -0.1) is 0 Å². The Morgan fingerprint density at radius 3 is 1.09 bits per heavy atom. The van der Waals surface area contributed by atoms with E-state index in [0.29, 0.717) is 12.8 Å². The van der Waals surface area contributed by atoms with E-state index in [-0.39, 0.29) is 5.48 Å². The second-order valence-corrected chi connectivity index (χ2v) is 4.12. The van der Waals surface area contributed by atoms with Crippen molar-refractivity contribution in [1.82, 2.24) is 0 Å². The van der Waals surface area contributed by atoms with Crippen LogP contribution in [-0.2, 0) is 0 Å². The normalized spacial score (nSPS) is 12.5. The molecule has 0 saturated heterocycles. The molecule has 0 rings (SSSR count). The van der Waals surface area contributed by atoms with Crippen LogP contribution >= 0.6 is 0 Å². The standard InChI is InChI=1S/C8H18O2.H2O/c1-7(2,9)5-6-8(3,4)10;/h9-10H,5-6H2,1-4H3;1H2. The summed E-state index contributed by atoms with van der Waals surface area (Å²) in [6.45, 7) is 7.00. The Morgan fingerprint density at radius 2 is 1.00 bits per heavy atom. The number of rotatable bonds is 3. The van der Waals surface area contributed by atoms with Crippen molar-refractivity contribution in [1.29, 1.82) is 0 Å². The molecule has 0 saturated carbocycles. The molecule has 0 fully saturated rings. The van der Waals surface area contributed by atoms with Gasteiger partial charge >= 0.3 is 0 Å². The lowest BCUT2D eigenvalue weighted by Crippen LogP contribution is -2.26. The third-order valence-electron chi connectivity index (χ3n) is 1.35. The molecule has 70 valence electrons. The maximum Gasteiger partial charge on any atom is 0.0592 e. The van der Waals surface area contributed by atoms with Gasteiger partial charge in [0.2, 0.25) is 0 Å². The van der Waals surface area contributed by atoms with E-state index >= 15 is 0 Å². The summed E-state index contributed by atoms with van der Waals surface area (Å²) in [4.78, 5) is 0. The Kier molecular flexibility index (Phi) is 4.95. The van der Waals surface area contributed by atoms with E-state index < -0.39 is 11.2 Å². The average molecular weight is 164 g/mol. The Morgan fingerprint density at radius 1 is 0.818 bits per heavy atom. The van der Waals surface area contributed by atoms with Crippen molar-refractivity contribution < 1.29 is 15.7 Å². The highest BCUT2D eigenvalue weighted by Gasteiger charge is 2.19. The molecule has 0 radical (unpaired) electrons. The zero-order chi connectivity index (χ0) is 8.41. The second kappa shape index (κ2) is 4.04. The largest absolute Gasteiger partial charge is 0.412 e. The van der Waals surface area contributed by atoms with E-state index in [4.69, 9.17) is 0 Å². The first kappa shape index (κ1) is 13.5. The molecule has 0 atom stereocenters. The molecule has 4 N–H and O–H groups in total. The molecule has 3 nitrogen and oxygen atoms in total. The lowest BCUT2D eigenvalue weighted by molar-refractivity contribution is 0.0169. The van der Waals surface area contributed by atoms with Crippen LogP contribution in [0.25, 0.3) is 0 Å². The maximum absolute atomic E-state index is 9.27. The van der Waals surface area contributed by atoms with Gasteiger partial charge in [-0.2, -0.15) is 0 Å².